The number of nitrogens with one attached hydrogen (secondary N) is 1. The van der Waals surface area contributed by atoms with Crippen LogP contribution in [0.25, 0.3) is 11.1 Å². The average Bonchev–Trinajstić information content (AvgIpc) is 2.73. The number of carbonyl (C=O) groups is 1. The molecule has 0 spiro atoms. The summed E-state index contributed by atoms with van der Waals surface area (Å²) in [6.45, 7) is 0.300. The molecule has 0 saturated heterocycles. The van der Waals surface area contributed by atoms with E-state index in [0.29, 0.717) is 17.6 Å². The molecule has 1 aromatic heterocycles. The van der Waals surface area contributed by atoms with Crippen LogP contribution < -0.4 is 5.32 Å². The molecule has 0 atom stereocenters. The smallest absolute Gasteiger partial charge is 0.307 e. The molecule has 2 aromatic rings. The predicted molar refractivity (Wildman–Crippen MR) is 56.6 cm³/mol. The van der Waals surface area contributed by atoms with E-state index in [0.717, 1.165) is 0 Å². The number of hydrogen-bond acceptors (Lipinski definition) is 4. The van der Waals surface area contributed by atoms with Gasteiger partial charge in [0.05, 0.1) is 12.5 Å². The van der Waals surface area contributed by atoms with Crippen LogP contribution in [0.2, 0.25) is 0 Å². The molecule has 1 heterocycles. The highest BCUT2D eigenvalue weighted by atomic mass is 16.4. The average molecular weight is 215 g/mol. The number of nitrogens with zero attached hydrogens (tertiary/aromatic N) is 2. The number of carbonyl (C=O) groups excluding carboxylic acids is 1. The Morgan fingerprint density at radius 1 is 1.50 bits per heavy atom. The number of oxazole rings is 1. The van der Waals surface area contributed by atoms with E-state index >= 15 is 0 Å². The second-order valence-corrected chi connectivity index (χ2v) is 3.15. The molecule has 1 amide bonds. The SMILES string of the molecule is N#CCCNC(=O)c1nc2ccccc2o1. The van der Waals surface area contributed by atoms with Gasteiger partial charge >= 0.3 is 5.91 Å². The van der Waals surface area contributed by atoms with Gasteiger partial charge in [-0.2, -0.15) is 5.26 Å². The number of para-hydroxylation sites is 2. The fourth-order valence-electron chi connectivity index (χ4n) is 1.28. The number of benzene rings is 1. The monoisotopic (exact) mass is 215 g/mol. The van der Waals surface area contributed by atoms with Crippen molar-refractivity contribution in [1.29, 1.82) is 5.26 Å². The van der Waals surface area contributed by atoms with E-state index in [1.165, 1.54) is 0 Å². The van der Waals surface area contributed by atoms with Crippen LogP contribution >= 0.6 is 0 Å². The zero-order valence-corrected chi connectivity index (χ0v) is 8.43. The first-order chi connectivity index (χ1) is 7.81. The van der Waals surface area contributed by atoms with Gasteiger partial charge in [0.15, 0.2) is 5.58 Å². The van der Waals surface area contributed by atoms with Crippen LogP contribution in [-0.2, 0) is 0 Å². The van der Waals surface area contributed by atoms with E-state index in [4.69, 9.17) is 9.68 Å². The molecule has 5 nitrogen and oxygen atoms in total. The molecule has 0 aliphatic heterocycles. The Balaban J connectivity index is 2.14. The Kier molecular flexibility index (Phi) is 2.83. The molecule has 0 aliphatic carbocycles. The molecule has 0 fully saturated rings. The lowest BCUT2D eigenvalue weighted by atomic mass is 10.3. The van der Waals surface area contributed by atoms with E-state index < -0.39 is 5.91 Å². The second-order valence-electron chi connectivity index (χ2n) is 3.15. The third-order valence-corrected chi connectivity index (χ3v) is 2.01. The molecule has 80 valence electrons. The fraction of sp³-hybridized carbons (Fsp3) is 0.182. The van der Waals surface area contributed by atoms with Crippen LogP contribution in [0.4, 0.5) is 0 Å². The van der Waals surface area contributed by atoms with Crippen LogP contribution in [0.5, 0.6) is 0 Å². The standard InChI is InChI=1S/C11H9N3O2/c12-6-3-7-13-10(15)11-14-8-4-1-2-5-9(8)16-11/h1-2,4-5H,3,7H2,(H,13,15). The zero-order valence-electron chi connectivity index (χ0n) is 8.43. The summed E-state index contributed by atoms with van der Waals surface area (Å²) in [6, 6.07) is 9.08. The lowest BCUT2D eigenvalue weighted by Gasteiger charge is -1.96. The van der Waals surface area contributed by atoms with E-state index in [2.05, 4.69) is 10.3 Å². The van der Waals surface area contributed by atoms with E-state index in [9.17, 15) is 4.79 Å². The highest BCUT2D eigenvalue weighted by Crippen LogP contribution is 2.14. The van der Waals surface area contributed by atoms with Crippen molar-refractivity contribution in [2.24, 2.45) is 0 Å². The van der Waals surface area contributed by atoms with Crippen molar-refractivity contribution in [3.63, 3.8) is 0 Å². The Hall–Kier alpha value is -2.35. The van der Waals surface area contributed by atoms with Crippen molar-refractivity contribution >= 4 is 17.0 Å². The van der Waals surface area contributed by atoms with Crippen molar-refractivity contribution < 1.29 is 9.21 Å². The summed E-state index contributed by atoms with van der Waals surface area (Å²) < 4.78 is 5.25. The summed E-state index contributed by atoms with van der Waals surface area (Å²) in [5, 5.41) is 10.9. The van der Waals surface area contributed by atoms with Gasteiger partial charge in [0.25, 0.3) is 5.89 Å². The lowest BCUT2D eigenvalue weighted by Crippen LogP contribution is -2.24. The van der Waals surface area contributed by atoms with Gasteiger partial charge in [-0.05, 0) is 12.1 Å². The number of fused-ring (bicyclic) bond motifs is 1. The number of aromatic nitrogens is 1. The number of rotatable bonds is 3. The van der Waals surface area contributed by atoms with Gasteiger partial charge in [0, 0.05) is 6.54 Å². The van der Waals surface area contributed by atoms with Crippen LogP contribution in [0.15, 0.2) is 28.7 Å². The molecule has 1 aromatic carbocycles. The molecule has 1 N–H and O–H groups in total. The first kappa shape index (κ1) is 10.2. The van der Waals surface area contributed by atoms with Crippen molar-refractivity contribution in [1.82, 2.24) is 10.3 Å². The van der Waals surface area contributed by atoms with Crippen LogP contribution in [-0.4, -0.2) is 17.4 Å². The topological polar surface area (TPSA) is 78.9 Å². The lowest BCUT2D eigenvalue weighted by molar-refractivity contribution is 0.0922. The van der Waals surface area contributed by atoms with E-state index in [1.54, 1.807) is 12.1 Å². The highest BCUT2D eigenvalue weighted by molar-refractivity contribution is 5.92. The van der Waals surface area contributed by atoms with Gasteiger partial charge in [-0.1, -0.05) is 12.1 Å². The Morgan fingerprint density at radius 2 is 2.31 bits per heavy atom. The Bertz CT molecular complexity index is 521. The number of amides is 1. The molecule has 0 radical (unpaired) electrons. The van der Waals surface area contributed by atoms with Crippen molar-refractivity contribution in [2.75, 3.05) is 6.54 Å². The quantitative estimate of drug-likeness (QED) is 0.786. The molecule has 16 heavy (non-hydrogen) atoms. The summed E-state index contributed by atoms with van der Waals surface area (Å²) in [5.41, 5.74) is 1.22. The summed E-state index contributed by atoms with van der Waals surface area (Å²) in [7, 11) is 0. The first-order valence-corrected chi connectivity index (χ1v) is 4.82. The summed E-state index contributed by atoms with van der Waals surface area (Å²) in [5.74, 6) is -0.370. The van der Waals surface area contributed by atoms with Gasteiger partial charge in [-0.15, -0.1) is 0 Å². The largest absolute Gasteiger partial charge is 0.432 e. The number of nitriles is 1. The van der Waals surface area contributed by atoms with Gasteiger partial charge in [0.2, 0.25) is 0 Å². The predicted octanol–water partition coefficient (Wildman–Crippen LogP) is 1.47. The van der Waals surface area contributed by atoms with Crippen molar-refractivity contribution in [2.45, 2.75) is 6.42 Å². The normalized spacial score (nSPS) is 9.94. The fourth-order valence-corrected chi connectivity index (χ4v) is 1.28. The molecular formula is C11H9N3O2. The minimum atomic E-state index is -0.397. The van der Waals surface area contributed by atoms with Crippen LogP contribution in [0, 0.1) is 11.3 Å². The minimum absolute atomic E-state index is 0.0270. The van der Waals surface area contributed by atoms with Gasteiger partial charge < -0.3 is 9.73 Å². The minimum Gasteiger partial charge on any atom is -0.432 e. The number of hydrogen-bond donors (Lipinski definition) is 1. The molecule has 2 rings (SSSR count). The highest BCUT2D eigenvalue weighted by Gasteiger charge is 2.12. The van der Waals surface area contributed by atoms with E-state index in [-0.39, 0.29) is 12.3 Å². The molecule has 0 bridgehead atoms. The first-order valence-electron chi connectivity index (χ1n) is 4.82. The van der Waals surface area contributed by atoms with Crippen LogP contribution in [0.3, 0.4) is 0 Å². The summed E-state index contributed by atoms with van der Waals surface area (Å²) in [4.78, 5) is 15.5. The molecule has 0 unspecified atom stereocenters. The third-order valence-electron chi connectivity index (χ3n) is 2.01. The molecule has 0 aliphatic rings. The molecular weight excluding hydrogens is 206 g/mol. The van der Waals surface area contributed by atoms with Crippen LogP contribution in [0.1, 0.15) is 17.1 Å². The second kappa shape index (κ2) is 4.45. The van der Waals surface area contributed by atoms with Gasteiger partial charge in [0.1, 0.15) is 5.52 Å². The third kappa shape index (κ3) is 2.01. The molecule has 5 heteroatoms. The maximum absolute atomic E-state index is 11.5. The maximum atomic E-state index is 11.5. The van der Waals surface area contributed by atoms with E-state index in [1.807, 2.05) is 18.2 Å². The molecule has 0 saturated carbocycles. The van der Waals surface area contributed by atoms with Gasteiger partial charge in [-0.3, -0.25) is 4.79 Å². The Morgan fingerprint density at radius 3 is 3.06 bits per heavy atom. The van der Waals surface area contributed by atoms with Crippen molar-refractivity contribution in [3.8, 4) is 6.07 Å². The van der Waals surface area contributed by atoms with Gasteiger partial charge in [-0.25, -0.2) is 4.98 Å². The Labute approximate surface area is 91.7 Å². The maximum Gasteiger partial charge on any atom is 0.307 e. The van der Waals surface area contributed by atoms with Crippen molar-refractivity contribution in [3.05, 3.63) is 30.2 Å². The summed E-state index contributed by atoms with van der Waals surface area (Å²) >= 11 is 0. The summed E-state index contributed by atoms with van der Waals surface area (Å²) in [6.07, 6.45) is 0.270. The zero-order chi connectivity index (χ0) is 11.4.